The summed E-state index contributed by atoms with van der Waals surface area (Å²) in [5.74, 6) is 3.18. The summed E-state index contributed by atoms with van der Waals surface area (Å²) in [5.41, 5.74) is 4.04. The molecule has 0 aromatic heterocycles. The number of aryl methyl sites for hydroxylation is 1. The van der Waals surface area contributed by atoms with Gasteiger partial charge in [-0.25, -0.2) is 4.99 Å². The molecule has 1 amide bonds. The summed E-state index contributed by atoms with van der Waals surface area (Å²) in [7, 11) is 3.23. The van der Waals surface area contributed by atoms with Crippen LogP contribution >= 0.6 is 11.8 Å². The standard InChI is InChI=1S/C27H31N3O3S/c1-17-8-7-11-19(12-17)16-34-27-28-21-15-24(33-3)23(32-2)14-20(21)25-29-26(31)22(30(25)27)13-18-9-5-4-6-10-18/h7-8,11-12,14-15,18,22H,4-6,9-10,13,16H2,1-3H3. The van der Waals surface area contributed by atoms with Crippen LogP contribution in [0, 0.1) is 12.8 Å². The van der Waals surface area contributed by atoms with Crippen molar-refractivity contribution in [2.45, 2.75) is 57.2 Å². The molecule has 1 aliphatic carbocycles. The summed E-state index contributed by atoms with van der Waals surface area (Å²) in [6.45, 7) is 2.10. The molecule has 1 atom stereocenters. The van der Waals surface area contributed by atoms with Crippen LogP contribution in [0.3, 0.4) is 0 Å². The van der Waals surface area contributed by atoms with Crippen LogP contribution < -0.4 is 9.47 Å². The molecule has 7 heteroatoms. The fourth-order valence-corrected chi connectivity index (χ4v) is 6.19. The van der Waals surface area contributed by atoms with Crippen molar-refractivity contribution < 1.29 is 14.3 Å². The third kappa shape index (κ3) is 4.45. The fraction of sp³-hybridized carbons (Fsp3) is 0.444. The normalized spacial score (nSPS) is 19.9. The van der Waals surface area contributed by atoms with Gasteiger partial charge in [0.15, 0.2) is 16.7 Å². The van der Waals surface area contributed by atoms with Gasteiger partial charge in [0.25, 0.3) is 5.91 Å². The van der Waals surface area contributed by atoms with Crippen molar-refractivity contribution in [1.29, 1.82) is 0 Å². The van der Waals surface area contributed by atoms with Crippen molar-refractivity contribution in [2.24, 2.45) is 15.9 Å². The van der Waals surface area contributed by atoms with E-state index >= 15 is 0 Å². The molecule has 0 spiro atoms. The topological polar surface area (TPSA) is 63.5 Å². The highest BCUT2D eigenvalue weighted by molar-refractivity contribution is 8.13. The van der Waals surface area contributed by atoms with Crippen molar-refractivity contribution >= 4 is 34.4 Å². The van der Waals surface area contributed by atoms with Crippen LogP contribution in [-0.2, 0) is 10.5 Å². The minimum absolute atomic E-state index is 0.0629. The lowest BCUT2D eigenvalue weighted by molar-refractivity contribution is -0.120. The Kier molecular flexibility index (Phi) is 6.63. The number of rotatable bonds is 6. The second-order valence-electron chi connectivity index (χ2n) is 9.30. The molecule has 0 saturated heterocycles. The summed E-state index contributed by atoms with van der Waals surface area (Å²) in [6, 6.07) is 12.0. The SMILES string of the molecule is COc1cc2c(cc1OC)C1=NC(=O)C(CC3CCCCC3)N1C(SCc1cccc(C)c1)=N2. The molecule has 2 aromatic rings. The van der Waals surface area contributed by atoms with Gasteiger partial charge in [0, 0.05) is 17.4 Å². The van der Waals surface area contributed by atoms with Crippen LogP contribution in [0.15, 0.2) is 46.4 Å². The predicted octanol–water partition coefficient (Wildman–Crippen LogP) is 5.87. The number of nitrogens with zero attached hydrogens (tertiary/aromatic N) is 3. The Hall–Kier alpha value is -2.80. The molecule has 6 nitrogen and oxygen atoms in total. The first-order chi connectivity index (χ1) is 16.6. The van der Waals surface area contributed by atoms with Gasteiger partial charge in [-0.2, -0.15) is 4.99 Å². The zero-order valence-electron chi connectivity index (χ0n) is 20.0. The Labute approximate surface area is 205 Å². The molecule has 5 rings (SSSR count). The van der Waals surface area contributed by atoms with E-state index in [1.807, 2.05) is 12.1 Å². The lowest BCUT2D eigenvalue weighted by atomic mass is 9.84. The summed E-state index contributed by atoms with van der Waals surface area (Å²) in [4.78, 5) is 24.9. The van der Waals surface area contributed by atoms with E-state index in [1.54, 1.807) is 26.0 Å². The Morgan fingerprint density at radius 3 is 2.53 bits per heavy atom. The maximum absolute atomic E-state index is 13.2. The fourth-order valence-electron chi connectivity index (χ4n) is 5.20. The first-order valence-electron chi connectivity index (χ1n) is 12.0. The van der Waals surface area contributed by atoms with E-state index in [1.165, 1.54) is 43.2 Å². The van der Waals surface area contributed by atoms with E-state index in [0.29, 0.717) is 23.3 Å². The van der Waals surface area contributed by atoms with Gasteiger partial charge in [-0.3, -0.25) is 9.69 Å². The number of carbonyl (C=O) groups excluding carboxylic acids is 1. The third-order valence-corrected chi connectivity index (χ3v) is 7.96. The van der Waals surface area contributed by atoms with Crippen LogP contribution in [0.1, 0.15) is 55.2 Å². The van der Waals surface area contributed by atoms with Gasteiger partial charge < -0.3 is 9.47 Å². The number of fused-ring (bicyclic) bond motifs is 3. The molecular formula is C27H31N3O3S. The third-order valence-electron chi connectivity index (χ3n) is 6.94. The predicted molar refractivity (Wildman–Crippen MR) is 137 cm³/mol. The minimum atomic E-state index is -0.289. The minimum Gasteiger partial charge on any atom is -0.493 e. The lowest BCUT2D eigenvalue weighted by Gasteiger charge is -2.33. The van der Waals surface area contributed by atoms with Crippen LogP contribution in [0.2, 0.25) is 0 Å². The summed E-state index contributed by atoms with van der Waals surface area (Å²) in [6.07, 6.45) is 7.02. The number of hydrogen-bond acceptors (Lipinski definition) is 6. The van der Waals surface area contributed by atoms with Gasteiger partial charge in [-0.05, 0) is 30.9 Å². The number of ether oxygens (including phenoxy) is 2. The van der Waals surface area contributed by atoms with E-state index < -0.39 is 0 Å². The highest BCUT2D eigenvalue weighted by Gasteiger charge is 2.43. The van der Waals surface area contributed by atoms with Crippen LogP contribution in [0.4, 0.5) is 5.69 Å². The Morgan fingerprint density at radius 2 is 1.79 bits per heavy atom. The molecule has 1 fully saturated rings. The molecule has 0 radical (unpaired) electrons. The molecule has 1 unspecified atom stereocenters. The number of methoxy groups -OCH3 is 2. The van der Waals surface area contributed by atoms with Crippen molar-refractivity contribution in [3.05, 3.63) is 53.1 Å². The zero-order chi connectivity index (χ0) is 23.7. The summed E-state index contributed by atoms with van der Waals surface area (Å²) < 4.78 is 11.0. The van der Waals surface area contributed by atoms with Crippen LogP contribution in [0.25, 0.3) is 0 Å². The van der Waals surface area contributed by atoms with E-state index in [2.05, 4.69) is 41.1 Å². The maximum Gasteiger partial charge on any atom is 0.270 e. The van der Waals surface area contributed by atoms with Crippen molar-refractivity contribution in [3.63, 3.8) is 0 Å². The number of amides is 1. The van der Waals surface area contributed by atoms with Crippen molar-refractivity contribution in [3.8, 4) is 11.5 Å². The summed E-state index contributed by atoms with van der Waals surface area (Å²) in [5, 5.41) is 0.826. The van der Waals surface area contributed by atoms with Gasteiger partial charge in [-0.15, -0.1) is 0 Å². The smallest absolute Gasteiger partial charge is 0.270 e. The van der Waals surface area contributed by atoms with E-state index in [-0.39, 0.29) is 11.9 Å². The molecule has 2 aromatic carbocycles. The second kappa shape index (κ2) is 9.82. The van der Waals surface area contributed by atoms with Gasteiger partial charge in [0.2, 0.25) is 0 Å². The Balaban J connectivity index is 1.51. The average molecular weight is 478 g/mol. The molecule has 178 valence electrons. The zero-order valence-corrected chi connectivity index (χ0v) is 20.9. The molecule has 0 bridgehead atoms. The number of amidine groups is 2. The van der Waals surface area contributed by atoms with Crippen LogP contribution in [-0.4, -0.2) is 42.1 Å². The van der Waals surface area contributed by atoms with Crippen molar-refractivity contribution in [2.75, 3.05) is 14.2 Å². The maximum atomic E-state index is 13.2. The average Bonchev–Trinajstić information content (AvgIpc) is 3.18. The molecule has 2 heterocycles. The molecule has 34 heavy (non-hydrogen) atoms. The highest BCUT2D eigenvalue weighted by Crippen LogP contribution is 2.42. The Bertz CT molecular complexity index is 1150. The molecule has 2 aliphatic heterocycles. The van der Waals surface area contributed by atoms with E-state index in [0.717, 1.165) is 28.6 Å². The van der Waals surface area contributed by atoms with Crippen molar-refractivity contribution in [1.82, 2.24) is 4.90 Å². The van der Waals surface area contributed by atoms with E-state index in [9.17, 15) is 4.79 Å². The van der Waals surface area contributed by atoms with E-state index in [4.69, 9.17) is 14.5 Å². The lowest BCUT2D eigenvalue weighted by Crippen LogP contribution is -2.44. The number of hydrogen-bond donors (Lipinski definition) is 0. The Morgan fingerprint density at radius 1 is 1.03 bits per heavy atom. The van der Waals surface area contributed by atoms with Gasteiger partial charge in [-0.1, -0.05) is 73.7 Å². The highest BCUT2D eigenvalue weighted by atomic mass is 32.2. The monoisotopic (exact) mass is 477 g/mol. The van der Waals surface area contributed by atoms with Gasteiger partial charge in [0.05, 0.1) is 19.9 Å². The number of aliphatic imine (C=N–C) groups is 2. The van der Waals surface area contributed by atoms with Gasteiger partial charge in [0.1, 0.15) is 11.9 Å². The molecule has 1 saturated carbocycles. The first-order valence-corrected chi connectivity index (χ1v) is 13.0. The first kappa shape index (κ1) is 23.0. The largest absolute Gasteiger partial charge is 0.493 e. The summed E-state index contributed by atoms with van der Waals surface area (Å²) >= 11 is 1.66. The van der Waals surface area contributed by atoms with Crippen LogP contribution in [0.5, 0.6) is 11.5 Å². The number of benzene rings is 2. The second-order valence-corrected chi connectivity index (χ2v) is 10.2. The molecular weight excluding hydrogens is 446 g/mol. The molecule has 0 N–H and O–H groups in total. The number of thioether (sulfide) groups is 1. The molecule has 3 aliphatic rings. The number of carbonyl (C=O) groups is 1. The quantitative estimate of drug-likeness (QED) is 0.520. The van der Waals surface area contributed by atoms with Gasteiger partial charge >= 0.3 is 0 Å².